The predicted octanol–water partition coefficient (Wildman–Crippen LogP) is 2.80. The minimum atomic E-state index is -0.512. The van der Waals surface area contributed by atoms with Crippen molar-refractivity contribution in [2.75, 3.05) is 58.8 Å². The molecule has 3 rings (SSSR count). The SMILES string of the molecule is CCCNC1(C)C=C(C)NC(N2CCN(c3ccccc3OC)CC2)=C1C(=O)N(C)C.Cl. The monoisotopic (exact) mass is 463 g/mol. The molecule has 1 aromatic rings. The fraction of sp³-hybridized carbons (Fsp3) is 0.542. The lowest BCUT2D eigenvalue weighted by Crippen LogP contribution is -2.56. The molecule has 32 heavy (non-hydrogen) atoms. The number of likely N-dealkylation sites (N-methyl/N-ethyl adjacent to an activating group) is 1. The summed E-state index contributed by atoms with van der Waals surface area (Å²) >= 11 is 0. The number of nitrogens with one attached hydrogen (secondary N) is 2. The Morgan fingerprint density at radius 1 is 1.19 bits per heavy atom. The van der Waals surface area contributed by atoms with Gasteiger partial charge in [-0.05, 0) is 45.0 Å². The van der Waals surface area contributed by atoms with Crippen LogP contribution in [0.3, 0.4) is 0 Å². The van der Waals surface area contributed by atoms with E-state index in [9.17, 15) is 4.79 Å². The van der Waals surface area contributed by atoms with Crippen LogP contribution in [-0.4, -0.2) is 75.2 Å². The summed E-state index contributed by atoms with van der Waals surface area (Å²) in [5.74, 6) is 1.85. The van der Waals surface area contributed by atoms with Gasteiger partial charge >= 0.3 is 0 Å². The summed E-state index contributed by atoms with van der Waals surface area (Å²) in [4.78, 5) is 19.6. The topological polar surface area (TPSA) is 60.1 Å². The van der Waals surface area contributed by atoms with E-state index in [1.54, 1.807) is 12.0 Å². The molecule has 1 fully saturated rings. The van der Waals surface area contributed by atoms with Gasteiger partial charge in [-0.25, -0.2) is 0 Å². The van der Waals surface area contributed by atoms with Crippen molar-refractivity contribution in [1.29, 1.82) is 0 Å². The fourth-order valence-corrected chi connectivity index (χ4v) is 4.41. The Morgan fingerprint density at radius 3 is 2.41 bits per heavy atom. The molecule has 2 aliphatic rings. The van der Waals surface area contributed by atoms with Crippen molar-refractivity contribution >= 4 is 24.0 Å². The first-order valence-corrected chi connectivity index (χ1v) is 11.1. The number of benzene rings is 1. The fourth-order valence-electron chi connectivity index (χ4n) is 4.41. The number of para-hydroxylation sites is 2. The summed E-state index contributed by atoms with van der Waals surface area (Å²) in [6, 6.07) is 8.14. The van der Waals surface area contributed by atoms with Crippen LogP contribution in [0.4, 0.5) is 5.69 Å². The molecule has 1 atom stereocenters. The van der Waals surface area contributed by atoms with Crippen LogP contribution in [-0.2, 0) is 4.79 Å². The highest BCUT2D eigenvalue weighted by atomic mass is 35.5. The van der Waals surface area contributed by atoms with Crippen LogP contribution in [0.5, 0.6) is 5.75 Å². The van der Waals surface area contributed by atoms with Crippen LogP contribution in [0.15, 0.2) is 47.4 Å². The van der Waals surface area contributed by atoms with E-state index < -0.39 is 5.54 Å². The normalized spacial score (nSPS) is 20.9. The molecule has 8 heteroatoms. The first-order chi connectivity index (χ1) is 14.8. The second-order valence-corrected chi connectivity index (χ2v) is 8.65. The van der Waals surface area contributed by atoms with Crippen molar-refractivity contribution in [2.24, 2.45) is 0 Å². The van der Waals surface area contributed by atoms with E-state index in [-0.39, 0.29) is 18.3 Å². The Hall–Kier alpha value is -2.38. The van der Waals surface area contributed by atoms with Crippen molar-refractivity contribution in [3.63, 3.8) is 0 Å². The first kappa shape index (κ1) is 25.9. The third-order valence-corrected chi connectivity index (χ3v) is 5.96. The number of anilines is 1. The molecule has 2 heterocycles. The Labute approximate surface area is 198 Å². The Kier molecular flexibility index (Phi) is 8.87. The van der Waals surface area contributed by atoms with Crippen LogP contribution < -0.4 is 20.3 Å². The molecule has 0 bridgehead atoms. The molecule has 2 N–H and O–H groups in total. The highest BCUT2D eigenvalue weighted by Crippen LogP contribution is 2.32. The number of carbonyl (C=O) groups excluding carboxylic acids is 1. The van der Waals surface area contributed by atoms with Crippen LogP contribution in [0.1, 0.15) is 27.2 Å². The van der Waals surface area contributed by atoms with Crippen molar-refractivity contribution < 1.29 is 9.53 Å². The van der Waals surface area contributed by atoms with Crippen LogP contribution >= 0.6 is 12.4 Å². The highest BCUT2D eigenvalue weighted by Gasteiger charge is 2.40. The van der Waals surface area contributed by atoms with Gasteiger partial charge in [-0.15, -0.1) is 12.4 Å². The molecule has 0 radical (unpaired) electrons. The largest absolute Gasteiger partial charge is 0.495 e. The molecule has 0 saturated carbocycles. The quantitative estimate of drug-likeness (QED) is 0.648. The first-order valence-electron chi connectivity index (χ1n) is 11.1. The molecule has 1 amide bonds. The van der Waals surface area contributed by atoms with Crippen LogP contribution in [0.25, 0.3) is 0 Å². The van der Waals surface area contributed by atoms with Gasteiger partial charge in [0.15, 0.2) is 0 Å². The maximum Gasteiger partial charge on any atom is 0.255 e. The van der Waals surface area contributed by atoms with E-state index in [4.69, 9.17) is 4.74 Å². The number of hydrogen-bond acceptors (Lipinski definition) is 6. The molecule has 7 nitrogen and oxygen atoms in total. The second-order valence-electron chi connectivity index (χ2n) is 8.65. The molecule has 2 aliphatic heterocycles. The van der Waals surface area contributed by atoms with E-state index in [2.05, 4.69) is 53.3 Å². The van der Waals surface area contributed by atoms with Gasteiger partial charge in [0, 0.05) is 46.0 Å². The number of amides is 1. The molecule has 0 aromatic heterocycles. The number of hydrogen-bond donors (Lipinski definition) is 2. The third-order valence-electron chi connectivity index (χ3n) is 5.96. The van der Waals surface area contributed by atoms with Crippen LogP contribution in [0.2, 0.25) is 0 Å². The van der Waals surface area contributed by atoms with E-state index in [1.807, 2.05) is 32.3 Å². The zero-order valence-electron chi connectivity index (χ0n) is 20.2. The number of allylic oxidation sites excluding steroid dienone is 1. The lowest BCUT2D eigenvalue weighted by Gasteiger charge is -2.44. The summed E-state index contributed by atoms with van der Waals surface area (Å²) in [5, 5.41) is 7.12. The molecule has 1 unspecified atom stereocenters. The van der Waals surface area contributed by atoms with Crippen molar-refractivity contribution in [3.8, 4) is 5.75 Å². The number of rotatable bonds is 7. The maximum atomic E-state index is 13.3. The minimum Gasteiger partial charge on any atom is -0.495 e. The number of methoxy groups -OCH3 is 1. The lowest BCUT2D eigenvalue weighted by molar-refractivity contribution is -0.125. The summed E-state index contributed by atoms with van der Waals surface area (Å²) in [6.07, 6.45) is 3.14. The zero-order chi connectivity index (χ0) is 22.6. The molecule has 0 spiro atoms. The number of carbonyl (C=O) groups is 1. The van der Waals surface area contributed by atoms with Gasteiger partial charge < -0.3 is 30.1 Å². The molecular weight excluding hydrogens is 426 g/mol. The van der Waals surface area contributed by atoms with E-state index in [0.717, 1.165) is 67.7 Å². The number of piperazine rings is 1. The summed E-state index contributed by atoms with van der Waals surface area (Å²) in [6.45, 7) is 10.5. The zero-order valence-corrected chi connectivity index (χ0v) is 21.0. The molecular formula is C24H38ClN5O2. The van der Waals surface area contributed by atoms with Crippen molar-refractivity contribution in [3.05, 3.63) is 47.4 Å². The summed E-state index contributed by atoms with van der Waals surface area (Å²) < 4.78 is 5.55. The van der Waals surface area contributed by atoms with Gasteiger partial charge in [0.25, 0.3) is 5.91 Å². The molecule has 1 saturated heterocycles. The highest BCUT2D eigenvalue weighted by molar-refractivity contribution is 5.97. The van der Waals surface area contributed by atoms with Gasteiger partial charge in [0.2, 0.25) is 0 Å². The Balaban J connectivity index is 0.00000363. The minimum absolute atomic E-state index is 0. The Morgan fingerprint density at radius 2 is 1.81 bits per heavy atom. The van der Waals surface area contributed by atoms with Gasteiger partial charge in [-0.3, -0.25) is 4.79 Å². The van der Waals surface area contributed by atoms with Crippen molar-refractivity contribution in [1.82, 2.24) is 20.4 Å². The third kappa shape index (κ3) is 5.33. The number of ether oxygens (including phenoxy) is 1. The van der Waals surface area contributed by atoms with E-state index in [1.165, 1.54) is 0 Å². The molecule has 1 aromatic carbocycles. The smallest absolute Gasteiger partial charge is 0.255 e. The van der Waals surface area contributed by atoms with Gasteiger partial charge in [0.1, 0.15) is 11.6 Å². The molecule has 178 valence electrons. The summed E-state index contributed by atoms with van der Waals surface area (Å²) in [5.41, 5.74) is 2.44. The number of halogens is 1. The average Bonchev–Trinajstić information content (AvgIpc) is 2.77. The lowest BCUT2D eigenvalue weighted by atomic mass is 9.86. The summed E-state index contributed by atoms with van der Waals surface area (Å²) in [7, 11) is 5.35. The van der Waals surface area contributed by atoms with E-state index >= 15 is 0 Å². The van der Waals surface area contributed by atoms with Gasteiger partial charge in [-0.2, -0.15) is 0 Å². The van der Waals surface area contributed by atoms with Crippen molar-refractivity contribution in [2.45, 2.75) is 32.7 Å². The second kappa shape index (κ2) is 11.0. The average molecular weight is 464 g/mol. The standard InChI is InChI=1S/C24H37N5O2.ClH/c1-7-12-25-24(3)17-18(2)26-22(21(24)23(30)27(4)5)29-15-13-28(14-16-29)19-10-8-9-11-20(19)31-6;/h8-11,17,25-26H,7,12-16H2,1-6H3;1H. The number of dihydropyridines is 1. The Bertz CT molecular complexity index is 862. The maximum absolute atomic E-state index is 13.3. The van der Waals surface area contributed by atoms with Gasteiger partial charge in [-0.1, -0.05) is 19.1 Å². The van der Waals surface area contributed by atoms with Crippen LogP contribution in [0, 0.1) is 0 Å². The molecule has 0 aliphatic carbocycles. The van der Waals surface area contributed by atoms with E-state index in [0.29, 0.717) is 0 Å². The van der Waals surface area contributed by atoms with Gasteiger partial charge in [0.05, 0.1) is 23.9 Å². The number of nitrogens with zero attached hydrogens (tertiary/aromatic N) is 3. The predicted molar refractivity (Wildman–Crippen MR) is 133 cm³/mol.